The SMILES string of the molecule is O=C(Nc1nnc(C(c2ccccc2)c2ccccc2)s1)c1cncc(Br)c1. The van der Waals surface area contributed by atoms with E-state index in [4.69, 9.17) is 0 Å². The molecule has 0 radical (unpaired) electrons. The van der Waals surface area contributed by atoms with Gasteiger partial charge in [0.2, 0.25) is 5.13 Å². The molecule has 138 valence electrons. The van der Waals surface area contributed by atoms with Crippen molar-refractivity contribution in [2.45, 2.75) is 5.92 Å². The third kappa shape index (κ3) is 4.16. The zero-order valence-corrected chi connectivity index (χ0v) is 17.0. The molecule has 0 fully saturated rings. The quantitative estimate of drug-likeness (QED) is 0.457. The van der Waals surface area contributed by atoms with Gasteiger partial charge in [-0.15, -0.1) is 10.2 Å². The normalized spacial score (nSPS) is 10.8. The number of benzene rings is 2. The van der Waals surface area contributed by atoms with Gasteiger partial charge in [-0.1, -0.05) is 72.0 Å². The van der Waals surface area contributed by atoms with Crippen LogP contribution in [0.4, 0.5) is 5.13 Å². The number of nitrogens with one attached hydrogen (secondary N) is 1. The fourth-order valence-corrected chi connectivity index (χ4v) is 4.14. The lowest BCUT2D eigenvalue weighted by atomic mass is 9.92. The summed E-state index contributed by atoms with van der Waals surface area (Å²) in [4.78, 5) is 16.5. The van der Waals surface area contributed by atoms with Gasteiger partial charge >= 0.3 is 0 Å². The lowest BCUT2D eigenvalue weighted by Gasteiger charge is -2.14. The maximum Gasteiger partial charge on any atom is 0.259 e. The highest BCUT2D eigenvalue weighted by molar-refractivity contribution is 9.10. The highest BCUT2D eigenvalue weighted by atomic mass is 79.9. The number of halogens is 1. The van der Waals surface area contributed by atoms with Gasteiger partial charge in [-0.25, -0.2) is 0 Å². The summed E-state index contributed by atoms with van der Waals surface area (Å²) in [6.45, 7) is 0. The van der Waals surface area contributed by atoms with E-state index in [2.05, 4.69) is 60.7 Å². The molecule has 7 heteroatoms. The van der Waals surface area contributed by atoms with Crippen LogP contribution in [0.25, 0.3) is 0 Å². The topological polar surface area (TPSA) is 67.8 Å². The predicted molar refractivity (Wildman–Crippen MR) is 114 cm³/mol. The Bertz CT molecular complexity index is 1050. The van der Waals surface area contributed by atoms with Crippen LogP contribution in [0.3, 0.4) is 0 Å². The van der Waals surface area contributed by atoms with E-state index in [0.717, 1.165) is 20.6 Å². The minimum atomic E-state index is -0.271. The van der Waals surface area contributed by atoms with Crippen LogP contribution in [0.2, 0.25) is 0 Å². The fourth-order valence-electron chi connectivity index (χ4n) is 2.88. The predicted octanol–water partition coefficient (Wildman–Crippen LogP) is 5.13. The van der Waals surface area contributed by atoms with Gasteiger partial charge in [0.05, 0.1) is 11.5 Å². The van der Waals surface area contributed by atoms with Gasteiger partial charge in [-0.05, 0) is 33.1 Å². The third-order valence-corrected chi connectivity index (χ3v) is 5.48. The molecule has 0 aliphatic carbocycles. The molecule has 4 aromatic rings. The molecule has 0 unspecified atom stereocenters. The Kier molecular flexibility index (Phi) is 5.55. The van der Waals surface area contributed by atoms with Crippen LogP contribution in [0.5, 0.6) is 0 Å². The van der Waals surface area contributed by atoms with Gasteiger partial charge in [-0.2, -0.15) is 0 Å². The van der Waals surface area contributed by atoms with Crippen molar-refractivity contribution < 1.29 is 4.79 Å². The minimum Gasteiger partial charge on any atom is -0.296 e. The van der Waals surface area contributed by atoms with Crippen molar-refractivity contribution in [2.75, 3.05) is 5.32 Å². The second-order valence-electron chi connectivity index (χ2n) is 6.05. The van der Waals surface area contributed by atoms with E-state index in [0.29, 0.717) is 10.7 Å². The maximum atomic E-state index is 12.5. The van der Waals surface area contributed by atoms with Crippen molar-refractivity contribution >= 4 is 38.3 Å². The average molecular weight is 451 g/mol. The van der Waals surface area contributed by atoms with Crippen LogP contribution in [-0.2, 0) is 0 Å². The smallest absolute Gasteiger partial charge is 0.259 e. The summed E-state index contributed by atoms with van der Waals surface area (Å²) in [6, 6.07) is 22.0. The van der Waals surface area contributed by atoms with E-state index >= 15 is 0 Å². The molecule has 1 amide bonds. The first-order valence-electron chi connectivity index (χ1n) is 8.56. The molecule has 0 saturated carbocycles. The third-order valence-electron chi connectivity index (χ3n) is 4.14. The van der Waals surface area contributed by atoms with Crippen LogP contribution in [-0.4, -0.2) is 21.1 Å². The Morgan fingerprint density at radius 1 is 0.929 bits per heavy atom. The standard InChI is InChI=1S/C21H15BrN4OS/c22-17-11-16(12-23-13-17)19(27)24-21-26-25-20(28-21)18(14-7-3-1-4-8-14)15-9-5-2-6-10-15/h1-13,18H,(H,24,26,27). The van der Waals surface area contributed by atoms with Crippen molar-refractivity contribution in [3.63, 3.8) is 0 Å². The van der Waals surface area contributed by atoms with E-state index in [-0.39, 0.29) is 11.8 Å². The van der Waals surface area contributed by atoms with E-state index in [1.165, 1.54) is 17.5 Å². The molecular weight excluding hydrogens is 436 g/mol. The lowest BCUT2D eigenvalue weighted by Crippen LogP contribution is -2.11. The summed E-state index contributed by atoms with van der Waals surface area (Å²) in [6.07, 6.45) is 3.14. The number of aromatic nitrogens is 3. The van der Waals surface area contributed by atoms with Gasteiger partial charge in [0, 0.05) is 16.9 Å². The van der Waals surface area contributed by atoms with Crippen LogP contribution in [0.15, 0.2) is 83.6 Å². The first-order valence-corrected chi connectivity index (χ1v) is 10.2. The zero-order valence-electron chi connectivity index (χ0n) is 14.6. The highest BCUT2D eigenvalue weighted by Crippen LogP contribution is 2.34. The number of carbonyl (C=O) groups excluding carboxylic acids is 1. The van der Waals surface area contributed by atoms with Crippen LogP contribution < -0.4 is 5.32 Å². The monoisotopic (exact) mass is 450 g/mol. The van der Waals surface area contributed by atoms with Gasteiger partial charge in [-0.3, -0.25) is 15.1 Å². The molecule has 1 N–H and O–H groups in total. The molecule has 5 nitrogen and oxygen atoms in total. The number of nitrogens with zero attached hydrogens (tertiary/aromatic N) is 3. The molecule has 0 atom stereocenters. The Balaban J connectivity index is 1.63. The molecule has 0 aliphatic heterocycles. The van der Waals surface area contributed by atoms with Gasteiger partial charge in [0.15, 0.2) is 0 Å². The summed E-state index contributed by atoms with van der Waals surface area (Å²) in [5.41, 5.74) is 2.70. The largest absolute Gasteiger partial charge is 0.296 e. The fraction of sp³-hybridized carbons (Fsp3) is 0.0476. The Labute approximate surface area is 174 Å². The Morgan fingerprint density at radius 2 is 1.57 bits per heavy atom. The number of pyridine rings is 1. The van der Waals surface area contributed by atoms with Crippen molar-refractivity contribution in [3.05, 3.63) is 105 Å². The van der Waals surface area contributed by atoms with E-state index in [9.17, 15) is 4.79 Å². The molecule has 0 aliphatic rings. The number of carbonyl (C=O) groups is 1. The molecular formula is C21H15BrN4OS. The first kappa shape index (κ1) is 18.5. The van der Waals surface area contributed by atoms with E-state index in [1.54, 1.807) is 12.3 Å². The molecule has 2 aromatic carbocycles. The van der Waals surface area contributed by atoms with Crippen molar-refractivity contribution in [3.8, 4) is 0 Å². The molecule has 28 heavy (non-hydrogen) atoms. The van der Waals surface area contributed by atoms with Crippen LogP contribution in [0, 0.1) is 0 Å². The second-order valence-corrected chi connectivity index (χ2v) is 7.97. The second kappa shape index (κ2) is 8.41. The average Bonchev–Trinajstić information content (AvgIpc) is 3.17. The molecule has 2 heterocycles. The van der Waals surface area contributed by atoms with Crippen LogP contribution in [0.1, 0.15) is 32.4 Å². The Morgan fingerprint density at radius 3 is 2.18 bits per heavy atom. The molecule has 0 spiro atoms. The number of hydrogen-bond acceptors (Lipinski definition) is 5. The lowest BCUT2D eigenvalue weighted by molar-refractivity contribution is 0.102. The van der Waals surface area contributed by atoms with Gasteiger partial charge < -0.3 is 0 Å². The minimum absolute atomic E-state index is 0.0434. The summed E-state index contributed by atoms with van der Waals surface area (Å²) in [5.74, 6) is -0.314. The molecule has 4 rings (SSSR count). The van der Waals surface area contributed by atoms with E-state index in [1.807, 2.05) is 36.4 Å². The van der Waals surface area contributed by atoms with E-state index < -0.39 is 0 Å². The number of hydrogen-bond donors (Lipinski definition) is 1. The highest BCUT2D eigenvalue weighted by Gasteiger charge is 2.21. The van der Waals surface area contributed by atoms with Crippen molar-refractivity contribution in [2.24, 2.45) is 0 Å². The summed E-state index contributed by atoms with van der Waals surface area (Å²) in [5, 5.41) is 12.6. The number of anilines is 1. The van der Waals surface area contributed by atoms with Crippen LogP contribution >= 0.6 is 27.3 Å². The summed E-state index contributed by atoms with van der Waals surface area (Å²) in [7, 11) is 0. The first-order chi connectivity index (χ1) is 13.7. The molecule has 0 bridgehead atoms. The zero-order chi connectivity index (χ0) is 19.3. The maximum absolute atomic E-state index is 12.5. The Hall–Kier alpha value is -2.90. The van der Waals surface area contributed by atoms with Crippen molar-refractivity contribution in [1.82, 2.24) is 15.2 Å². The van der Waals surface area contributed by atoms with Gasteiger partial charge in [0.25, 0.3) is 5.91 Å². The number of rotatable bonds is 5. The van der Waals surface area contributed by atoms with Gasteiger partial charge in [0.1, 0.15) is 5.01 Å². The summed E-state index contributed by atoms with van der Waals surface area (Å²) >= 11 is 4.69. The number of amides is 1. The molecule has 0 saturated heterocycles. The molecule has 2 aromatic heterocycles. The summed E-state index contributed by atoms with van der Waals surface area (Å²) < 4.78 is 0.742. The van der Waals surface area contributed by atoms with Crippen molar-refractivity contribution in [1.29, 1.82) is 0 Å².